The van der Waals surface area contributed by atoms with Gasteiger partial charge in [0.1, 0.15) is 0 Å². The van der Waals surface area contributed by atoms with E-state index in [1.807, 2.05) is 13.0 Å². The van der Waals surface area contributed by atoms with Crippen molar-refractivity contribution in [2.24, 2.45) is 5.73 Å². The zero-order chi connectivity index (χ0) is 12.5. The third-order valence-electron chi connectivity index (χ3n) is 3.48. The van der Waals surface area contributed by atoms with E-state index in [2.05, 4.69) is 0 Å². The topological polar surface area (TPSA) is 60.2 Å². The summed E-state index contributed by atoms with van der Waals surface area (Å²) in [6.45, 7) is 1.91. The van der Waals surface area contributed by atoms with Crippen LogP contribution in [0.3, 0.4) is 0 Å². The van der Waals surface area contributed by atoms with Gasteiger partial charge in [0.25, 0.3) is 0 Å². The molecule has 17 heavy (non-hydrogen) atoms. The molecule has 1 aliphatic rings. The van der Waals surface area contributed by atoms with Crippen LogP contribution in [0.2, 0.25) is 0 Å². The first-order valence-electron chi connectivity index (χ1n) is 6.06. The van der Waals surface area contributed by atoms with Gasteiger partial charge in [-0.25, -0.2) is 8.42 Å². The zero-order valence-corrected chi connectivity index (χ0v) is 10.9. The monoisotopic (exact) mass is 253 g/mol. The number of hydrogen-bond acceptors (Lipinski definition) is 3. The molecule has 3 nitrogen and oxygen atoms in total. The summed E-state index contributed by atoms with van der Waals surface area (Å²) in [5, 5.41) is -0.246. The quantitative estimate of drug-likeness (QED) is 0.877. The normalized spacial score (nSPS) is 25.8. The van der Waals surface area contributed by atoms with Crippen molar-refractivity contribution >= 4 is 9.84 Å². The van der Waals surface area contributed by atoms with E-state index in [0.717, 1.165) is 18.4 Å². The summed E-state index contributed by atoms with van der Waals surface area (Å²) in [5.41, 5.74) is 6.79. The Labute approximate surface area is 103 Å². The molecule has 0 aliphatic heterocycles. The Kier molecular flexibility index (Phi) is 3.54. The van der Waals surface area contributed by atoms with Crippen LogP contribution < -0.4 is 5.73 Å². The van der Waals surface area contributed by atoms with E-state index in [9.17, 15) is 8.42 Å². The van der Waals surface area contributed by atoms with Gasteiger partial charge < -0.3 is 5.73 Å². The average molecular weight is 253 g/mol. The Hall–Kier alpha value is -0.870. The fraction of sp³-hybridized carbons (Fsp3) is 0.538. The van der Waals surface area contributed by atoms with Crippen molar-refractivity contribution in [2.45, 2.75) is 48.8 Å². The maximum Gasteiger partial charge on any atom is 0.181 e. The molecule has 0 amide bonds. The Morgan fingerprint density at radius 2 is 1.82 bits per heavy atom. The molecule has 0 atom stereocenters. The maximum absolute atomic E-state index is 12.4. The highest BCUT2D eigenvalue weighted by Crippen LogP contribution is 2.28. The molecule has 4 heteroatoms. The molecule has 0 aromatic heterocycles. The second-order valence-electron chi connectivity index (χ2n) is 4.90. The number of sulfone groups is 1. The van der Waals surface area contributed by atoms with Gasteiger partial charge in [-0.2, -0.15) is 0 Å². The van der Waals surface area contributed by atoms with Crippen LogP contribution >= 0.6 is 0 Å². The second kappa shape index (κ2) is 4.78. The van der Waals surface area contributed by atoms with Gasteiger partial charge in [0.2, 0.25) is 0 Å². The Morgan fingerprint density at radius 3 is 2.41 bits per heavy atom. The SMILES string of the molecule is Cc1cccc(S(=O)(=O)C2CCC(N)CC2)c1. The summed E-state index contributed by atoms with van der Waals surface area (Å²) < 4.78 is 24.8. The average Bonchev–Trinajstić information content (AvgIpc) is 2.29. The molecule has 2 N–H and O–H groups in total. The van der Waals surface area contributed by atoms with Crippen LogP contribution in [0.5, 0.6) is 0 Å². The Morgan fingerprint density at radius 1 is 1.18 bits per heavy atom. The molecule has 2 rings (SSSR count). The van der Waals surface area contributed by atoms with Crippen LogP contribution in [0.25, 0.3) is 0 Å². The lowest BCUT2D eigenvalue weighted by molar-refractivity contribution is 0.433. The van der Waals surface area contributed by atoms with Crippen molar-refractivity contribution in [1.29, 1.82) is 0 Å². The van der Waals surface area contributed by atoms with Crippen molar-refractivity contribution in [3.05, 3.63) is 29.8 Å². The first kappa shape index (κ1) is 12.6. The van der Waals surface area contributed by atoms with Crippen LogP contribution in [0.1, 0.15) is 31.2 Å². The van der Waals surface area contributed by atoms with Crippen molar-refractivity contribution in [3.8, 4) is 0 Å². The predicted octanol–water partition coefficient (Wildman–Crippen LogP) is 2.04. The molecule has 0 radical (unpaired) electrons. The van der Waals surface area contributed by atoms with E-state index in [0.29, 0.717) is 17.7 Å². The summed E-state index contributed by atoms with van der Waals surface area (Å²) in [4.78, 5) is 0.456. The van der Waals surface area contributed by atoms with Crippen molar-refractivity contribution in [3.63, 3.8) is 0 Å². The summed E-state index contributed by atoms with van der Waals surface area (Å²) in [6.07, 6.45) is 3.01. The third-order valence-corrected chi connectivity index (χ3v) is 5.74. The van der Waals surface area contributed by atoms with Crippen LogP contribution in [0.4, 0.5) is 0 Å². The molecule has 1 aliphatic carbocycles. The highest BCUT2D eigenvalue weighted by atomic mass is 32.2. The van der Waals surface area contributed by atoms with Crippen LogP contribution in [0, 0.1) is 6.92 Å². The van der Waals surface area contributed by atoms with E-state index in [1.165, 1.54) is 0 Å². The number of hydrogen-bond donors (Lipinski definition) is 1. The van der Waals surface area contributed by atoms with E-state index >= 15 is 0 Å². The van der Waals surface area contributed by atoms with Gasteiger partial charge in [0.15, 0.2) is 9.84 Å². The largest absolute Gasteiger partial charge is 0.328 e. The number of aryl methyl sites for hydroxylation is 1. The second-order valence-corrected chi connectivity index (χ2v) is 7.13. The lowest BCUT2D eigenvalue weighted by atomic mass is 9.96. The van der Waals surface area contributed by atoms with Gasteiger partial charge in [-0.1, -0.05) is 12.1 Å². The van der Waals surface area contributed by atoms with Crippen LogP contribution in [-0.2, 0) is 9.84 Å². The zero-order valence-electron chi connectivity index (χ0n) is 10.1. The van der Waals surface area contributed by atoms with Gasteiger partial charge in [0.05, 0.1) is 10.1 Å². The van der Waals surface area contributed by atoms with E-state index in [-0.39, 0.29) is 11.3 Å². The highest BCUT2D eigenvalue weighted by molar-refractivity contribution is 7.92. The molecule has 0 saturated heterocycles. The highest BCUT2D eigenvalue weighted by Gasteiger charge is 2.30. The van der Waals surface area contributed by atoms with Crippen molar-refractivity contribution < 1.29 is 8.42 Å². The fourth-order valence-electron chi connectivity index (χ4n) is 2.38. The molecular weight excluding hydrogens is 234 g/mol. The molecule has 1 saturated carbocycles. The number of benzene rings is 1. The molecule has 0 spiro atoms. The van der Waals surface area contributed by atoms with E-state index in [4.69, 9.17) is 5.73 Å². The van der Waals surface area contributed by atoms with Gasteiger partial charge in [-0.15, -0.1) is 0 Å². The van der Waals surface area contributed by atoms with Crippen LogP contribution in [-0.4, -0.2) is 19.7 Å². The fourth-order valence-corrected chi connectivity index (χ4v) is 4.28. The minimum atomic E-state index is -3.16. The van der Waals surface area contributed by atoms with Gasteiger partial charge in [-0.05, 0) is 50.3 Å². The molecule has 1 fully saturated rings. The first-order valence-corrected chi connectivity index (χ1v) is 7.61. The molecular formula is C13H19NO2S. The van der Waals surface area contributed by atoms with Crippen LogP contribution in [0.15, 0.2) is 29.2 Å². The number of nitrogens with two attached hydrogens (primary N) is 1. The summed E-state index contributed by atoms with van der Waals surface area (Å²) in [7, 11) is -3.16. The van der Waals surface area contributed by atoms with Crippen molar-refractivity contribution in [2.75, 3.05) is 0 Å². The summed E-state index contributed by atoms with van der Waals surface area (Å²) in [6, 6.07) is 7.34. The van der Waals surface area contributed by atoms with Gasteiger partial charge in [-0.3, -0.25) is 0 Å². The standard InChI is InChI=1S/C13H19NO2S/c1-10-3-2-4-13(9-10)17(15,16)12-7-5-11(14)6-8-12/h2-4,9,11-12H,5-8,14H2,1H3. The minimum Gasteiger partial charge on any atom is -0.328 e. The smallest absolute Gasteiger partial charge is 0.181 e. The lowest BCUT2D eigenvalue weighted by Crippen LogP contribution is -2.33. The molecule has 1 aromatic rings. The Bertz CT molecular complexity index is 488. The van der Waals surface area contributed by atoms with E-state index in [1.54, 1.807) is 18.2 Å². The summed E-state index contributed by atoms with van der Waals surface area (Å²) >= 11 is 0. The molecule has 0 heterocycles. The molecule has 1 aromatic carbocycles. The van der Waals surface area contributed by atoms with Gasteiger partial charge in [0, 0.05) is 6.04 Å². The Balaban J connectivity index is 2.25. The maximum atomic E-state index is 12.4. The van der Waals surface area contributed by atoms with E-state index < -0.39 is 9.84 Å². The van der Waals surface area contributed by atoms with Gasteiger partial charge >= 0.3 is 0 Å². The number of rotatable bonds is 2. The first-order chi connectivity index (χ1) is 8.00. The molecule has 94 valence electrons. The lowest BCUT2D eigenvalue weighted by Gasteiger charge is -2.25. The predicted molar refractivity (Wildman–Crippen MR) is 68.6 cm³/mol. The summed E-state index contributed by atoms with van der Waals surface area (Å²) in [5.74, 6) is 0. The minimum absolute atomic E-state index is 0.180. The third kappa shape index (κ3) is 2.69. The van der Waals surface area contributed by atoms with Crippen molar-refractivity contribution in [1.82, 2.24) is 0 Å². The molecule has 0 unspecified atom stereocenters. The molecule has 0 bridgehead atoms.